The van der Waals surface area contributed by atoms with Crippen molar-refractivity contribution in [2.45, 2.75) is 31.3 Å². The van der Waals surface area contributed by atoms with E-state index in [0.29, 0.717) is 11.3 Å². The molecule has 3 aromatic rings. The van der Waals surface area contributed by atoms with Crippen LogP contribution in [0.15, 0.2) is 83.8 Å². The molecule has 0 heterocycles. The Labute approximate surface area is 193 Å². The third-order valence-electron chi connectivity index (χ3n) is 4.84. The molecule has 0 N–H and O–H groups in total. The first kappa shape index (κ1) is 23.9. The van der Waals surface area contributed by atoms with Crippen molar-refractivity contribution in [2.75, 3.05) is 11.4 Å². The van der Waals surface area contributed by atoms with E-state index in [1.165, 1.54) is 42.5 Å². The highest BCUT2D eigenvalue weighted by atomic mass is 35.5. The molecule has 0 unspecified atom stereocenters. The molecule has 0 saturated carbocycles. The predicted octanol–water partition coefficient (Wildman–Crippen LogP) is 5.11. The Morgan fingerprint density at radius 3 is 2.22 bits per heavy atom. The Hall–Kier alpha value is -2.74. The van der Waals surface area contributed by atoms with Gasteiger partial charge in [0.05, 0.1) is 11.4 Å². The lowest BCUT2D eigenvalue weighted by molar-refractivity contribution is -0.119. The van der Waals surface area contributed by atoms with Crippen molar-refractivity contribution in [3.05, 3.63) is 95.3 Å². The van der Waals surface area contributed by atoms with Crippen molar-refractivity contribution in [3.63, 3.8) is 0 Å². The minimum absolute atomic E-state index is 0.0179. The Morgan fingerprint density at radius 1 is 0.969 bits per heavy atom. The monoisotopic (exact) mass is 474 g/mol. The molecule has 3 aromatic carbocycles. The zero-order valence-electron chi connectivity index (χ0n) is 17.8. The average Bonchev–Trinajstić information content (AvgIpc) is 2.75. The zero-order valence-corrected chi connectivity index (χ0v) is 19.4. The number of carbonyl (C=O) groups excluding carboxylic acids is 1. The van der Waals surface area contributed by atoms with Crippen LogP contribution in [0.2, 0.25) is 5.02 Å². The van der Waals surface area contributed by atoms with E-state index in [9.17, 15) is 17.6 Å². The average molecular weight is 475 g/mol. The normalized spacial score (nSPS) is 11.7. The summed E-state index contributed by atoms with van der Waals surface area (Å²) in [5.74, 6) is -0.803. The Morgan fingerprint density at radius 2 is 1.62 bits per heavy atom. The molecule has 3 rings (SSSR count). The number of para-hydroxylation sites is 1. The smallest absolute Gasteiger partial charge is 0.243 e. The van der Waals surface area contributed by atoms with Crippen molar-refractivity contribution in [2.24, 2.45) is 0 Å². The molecule has 0 radical (unpaired) electrons. The minimum atomic E-state index is -4.06. The molecule has 0 saturated heterocycles. The summed E-state index contributed by atoms with van der Waals surface area (Å²) < 4.78 is 41.3. The Kier molecular flexibility index (Phi) is 7.66. The van der Waals surface area contributed by atoms with Crippen molar-refractivity contribution in [3.8, 4) is 0 Å². The Balaban J connectivity index is 1.98. The second-order valence-corrected chi connectivity index (χ2v) is 9.92. The number of sulfonamides is 1. The lowest BCUT2D eigenvalue weighted by atomic mass is 10.2. The van der Waals surface area contributed by atoms with Crippen molar-refractivity contribution in [1.82, 2.24) is 4.31 Å². The summed E-state index contributed by atoms with van der Waals surface area (Å²) in [6.45, 7) is 3.24. The van der Waals surface area contributed by atoms with Crippen LogP contribution in [0.5, 0.6) is 0 Å². The fourth-order valence-electron chi connectivity index (χ4n) is 3.34. The first-order valence-electron chi connectivity index (χ1n) is 10.1. The van der Waals surface area contributed by atoms with Gasteiger partial charge in [0.2, 0.25) is 15.9 Å². The molecule has 0 aliphatic rings. The molecule has 1 amide bonds. The first-order chi connectivity index (χ1) is 15.2. The molecule has 32 heavy (non-hydrogen) atoms. The number of anilines is 1. The van der Waals surface area contributed by atoms with Gasteiger partial charge in [0.15, 0.2) is 0 Å². The number of amides is 1. The standard InChI is InChI=1S/C24H24ClFN2O3S/c1-18(2)28(22-8-4-3-5-9-22)24(29)17-27(16-19-11-13-21(26)14-12-19)32(30,31)23-10-6-7-20(25)15-23/h3-15,18H,16-17H2,1-2H3. The van der Waals surface area contributed by atoms with Gasteiger partial charge in [-0.25, -0.2) is 12.8 Å². The third kappa shape index (κ3) is 5.73. The van der Waals surface area contributed by atoms with Crippen LogP contribution >= 0.6 is 11.6 Å². The van der Waals surface area contributed by atoms with Crippen LogP contribution in [0.4, 0.5) is 10.1 Å². The molecule has 5 nitrogen and oxygen atoms in total. The van der Waals surface area contributed by atoms with Gasteiger partial charge in [-0.05, 0) is 61.9 Å². The number of hydrogen-bond donors (Lipinski definition) is 0. The topological polar surface area (TPSA) is 57.7 Å². The summed E-state index contributed by atoms with van der Waals surface area (Å²) >= 11 is 6.01. The molecular weight excluding hydrogens is 451 g/mol. The summed E-state index contributed by atoms with van der Waals surface area (Å²) in [5, 5.41) is 0.271. The molecule has 8 heteroatoms. The van der Waals surface area contributed by atoms with Crippen LogP contribution in [0.3, 0.4) is 0 Å². The summed E-state index contributed by atoms with van der Waals surface area (Å²) in [5.41, 5.74) is 1.23. The summed E-state index contributed by atoms with van der Waals surface area (Å²) in [6, 6.07) is 20.3. The fraction of sp³-hybridized carbons (Fsp3) is 0.208. The molecule has 0 aliphatic carbocycles. The van der Waals surface area contributed by atoms with E-state index >= 15 is 0 Å². The van der Waals surface area contributed by atoms with Crippen LogP contribution < -0.4 is 4.90 Å². The maximum absolute atomic E-state index is 13.4. The van der Waals surface area contributed by atoms with Crippen molar-refractivity contribution >= 4 is 33.2 Å². The van der Waals surface area contributed by atoms with E-state index in [4.69, 9.17) is 11.6 Å². The molecule has 0 spiro atoms. The van der Waals surface area contributed by atoms with Gasteiger partial charge < -0.3 is 4.90 Å². The highest BCUT2D eigenvalue weighted by Gasteiger charge is 2.30. The van der Waals surface area contributed by atoms with E-state index in [1.807, 2.05) is 32.0 Å². The van der Waals surface area contributed by atoms with Crippen LogP contribution in [-0.4, -0.2) is 31.2 Å². The summed E-state index contributed by atoms with van der Waals surface area (Å²) in [6.07, 6.45) is 0. The molecule has 0 atom stereocenters. The second kappa shape index (κ2) is 10.3. The van der Waals surface area contributed by atoms with Crippen LogP contribution in [0.1, 0.15) is 19.4 Å². The third-order valence-corrected chi connectivity index (χ3v) is 6.86. The summed E-state index contributed by atoms with van der Waals surface area (Å²) in [7, 11) is -4.06. The van der Waals surface area contributed by atoms with Gasteiger partial charge in [0, 0.05) is 23.3 Å². The molecule has 0 aromatic heterocycles. The SMILES string of the molecule is CC(C)N(C(=O)CN(Cc1ccc(F)cc1)S(=O)(=O)c1cccc(Cl)c1)c1ccccc1. The van der Waals surface area contributed by atoms with Gasteiger partial charge in [-0.1, -0.05) is 48.0 Å². The van der Waals surface area contributed by atoms with Gasteiger partial charge in [-0.3, -0.25) is 4.79 Å². The van der Waals surface area contributed by atoms with Crippen LogP contribution in [0.25, 0.3) is 0 Å². The fourth-order valence-corrected chi connectivity index (χ4v) is 5.02. The van der Waals surface area contributed by atoms with Gasteiger partial charge in [-0.2, -0.15) is 4.31 Å². The molecular formula is C24H24ClFN2O3S. The van der Waals surface area contributed by atoms with E-state index < -0.39 is 15.8 Å². The maximum atomic E-state index is 13.4. The molecule has 0 aliphatic heterocycles. The van der Waals surface area contributed by atoms with Crippen molar-refractivity contribution < 1.29 is 17.6 Å². The van der Waals surface area contributed by atoms with Crippen molar-refractivity contribution in [1.29, 1.82) is 0 Å². The maximum Gasteiger partial charge on any atom is 0.243 e. The number of nitrogens with zero attached hydrogens (tertiary/aromatic N) is 2. The molecule has 0 fully saturated rings. The molecule has 0 bridgehead atoms. The van der Waals surface area contributed by atoms with Gasteiger partial charge >= 0.3 is 0 Å². The lowest BCUT2D eigenvalue weighted by Gasteiger charge is -2.30. The predicted molar refractivity (Wildman–Crippen MR) is 125 cm³/mol. The number of rotatable bonds is 8. The second-order valence-electron chi connectivity index (χ2n) is 7.55. The van der Waals surface area contributed by atoms with Gasteiger partial charge in [-0.15, -0.1) is 0 Å². The number of hydrogen-bond acceptors (Lipinski definition) is 3. The first-order valence-corrected chi connectivity index (χ1v) is 11.9. The largest absolute Gasteiger partial charge is 0.309 e. The Bertz CT molecular complexity index is 1170. The number of benzene rings is 3. The molecule has 168 valence electrons. The number of halogens is 2. The van der Waals surface area contributed by atoms with Crippen LogP contribution in [0, 0.1) is 5.82 Å². The lowest BCUT2D eigenvalue weighted by Crippen LogP contribution is -2.45. The minimum Gasteiger partial charge on any atom is -0.309 e. The van der Waals surface area contributed by atoms with E-state index in [0.717, 1.165) is 4.31 Å². The van der Waals surface area contributed by atoms with E-state index in [1.54, 1.807) is 23.1 Å². The quantitative estimate of drug-likeness (QED) is 0.455. The number of carbonyl (C=O) groups is 1. The highest BCUT2D eigenvalue weighted by molar-refractivity contribution is 7.89. The van der Waals surface area contributed by atoms with E-state index in [2.05, 4.69) is 0 Å². The van der Waals surface area contributed by atoms with Crippen LogP contribution in [-0.2, 0) is 21.4 Å². The highest BCUT2D eigenvalue weighted by Crippen LogP contribution is 2.23. The van der Waals surface area contributed by atoms with E-state index in [-0.39, 0.29) is 35.0 Å². The van der Waals surface area contributed by atoms with Gasteiger partial charge in [0.1, 0.15) is 5.82 Å². The van der Waals surface area contributed by atoms with Gasteiger partial charge in [0.25, 0.3) is 0 Å². The zero-order chi connectivity index (χ0) is 23.3. The summed E-state index contributed by atoms with van der Waals surface area (Å²) in [4.78, 5) is 14.9.